The van der Waals surface area contributed by atoms with Crippen LogP contribution in [-0.4, -0.2) is 30.5 Å². The highest BCUT2D eigenvalue weighted by Crippen LogP contribution is 2.13. The first-order valence-corrected chi connectivity index (χ1v) is 7.02. The lowest BCUT2D eigenvalue weighted by Crippen LogP contribution is -2.29. The maximum atomic E-state index is 11.9. The third kappa shape index (κ3) is 5.31. The van der Waals surface area contributed by atoms with Gasteiger partial charge in [0, 0.05) is 19.2 Å². The quantitative estimate of drug-likeness (QED) is 0.536. The lowest BCUT2D eigenvalue weighted by atomic mass is 10.2. The number of likely N-dealkylation sites (N-methyl/N-ethyl adjacent to an activating group) is 1. The lowest BCUT2D eigenvalue weighted by Gasteiger charge is -2.16. The zero-order valence-electron chi connectivity index (χ0n) is 12.3. The largest absolute Gasteiger partial charge is 0.494 e. The standard InChI is InChI=1S/C17H23NO2/c1-4-13-18(6-3)17(19)12-9-15-7-10-16(11-8-15)20-14-5-2/h4,7-12H,1,5-6,13-14H2,2-3H3/b12-9+. The van der Waals surface area contributed by atoms with Gasteiger partial charge >= 0.3 is 0 Å². The normalized spacial score (nSPS) is 10.5. The first-order valence-electron chi connectivity index (χ1n) is 7.02. The molecule has 0 spiro atoms. The number of hydrogen-bond donors (Lipinski definition) is 0. The average molecular weight is 273 g/mol. The second-order valence-electron chi connectivity index (χ2n) is 4.42. The molecule has 20 heavy (non-hydrogen) atoms. The molecule has 0 aromatic heterocycles. The van der Waals surface area contributed by atoms with Gasteiger partial charge in [0.05, 0.1) is 6.61 Å². The van der Waals surface area contributed by atoms with E-state index in [2.05, 4.69) is 13.5 Å². The summed E-state index contributed by atoms with van der Waals surface area (Å²) in [5.74, 6) is 0.857. The van der Waals surface area contributed by atoms with Crippen molar-refractivity contribution in [2.75, 3.05) is 19.7 Å². The molecule has 0 bridgehead atoms. The van der Waals surface area contributed by atoms with Gasteiger partial charge in [0.15, 0.2) is 0 Å². The number of benzene rings is 1. The minimum Gasteiger partial charge on any atom is -0.494 e. The summed E-state index contributed by atoms with van der Waals surface area (Å²) >= 11 is 0. The van der Waals surface area contributed by atoms with Crippen LogP contribution in [-0.2, 0) is 4.79 Å². The monoisotopic (exact) mass is 273 g/mol. The molecule has 0 aliphatic carbocycles. The molecule has 0 saturated carbocycles. The number of carbonyl (C=O) groups is 1. The van der Waals surface area contributed by atoms with Crippen LogP contribution >= 0.6 is 0 Å². The fourth-order valence-electron chi connectivity index (χ4n) is 1.70. The summed E-state index contributed by atoms with van der Waals surface area (Å²) in [6.45, 7) is 9.66. The zero-order valence-corrected chi connectivity index (χ0v) is 12.3. The molecule has 1 rings (SSSR count). The fourth-order valence-corrected chi connectivity index (χ4v) is 1.70. The van der Waals surface area contributed by atoms with Crippen molar-refractivity contribution in [1.29, 1.82) is 0 Å². The van der Waals surface area contributed by atoms with Crippen molar-refractivity contribution in [3.05, 3.63) is 48.6 Å². The highest BCUT2D eigenvalue weighted by atomic mass is 16.5. The van der Waals surface area contributed by atoms with Gasteiger partial charge in [-0.15, -0.1) is 6.58 Å². The van der Waals surface area contributed by atoms with E-state index < -0.39 is 0 Å². The molecule has 1 amide bonds. The smallest absolute Gasteiger partial charge is 0.246 e. The van der Waals surface area contributed by atoms with Gasteiger partial charge in [-0.3, -0.25) is 4.79 Å². The van der Waals surface area contributed by atoms with Crippen LogP contribution in [0.5, 0.6) is 5.75 Å². The molecule has 0 aliphatic heterocycles. The molecule has 0 radical (unpaired) electrons. The molecule has 0 unspecified atom stereocenters. The van der Waals surface area contributed by atoms with Gasteiger partial charge in [-0.2, -0.15) is 0 Å². The Morgan fingerprint density at radius 1 is 1.30 bits per heavy atom. The van der Waals surface area contributed by atoms with Crippen LogP contribution in [0, 0.1) is 0 Å². The van der Waals surface area contributed by atoms with Crippen LogP contribution in [0.1, 0.15) is 25.8 Å². The van der Waals surface area contributed by atoms with Crippen molar-refractivity contribution in [1.82, 2.24) is 4.90 Å². The Bertz CT molecular complexity index is 449. The van der Waals surface area contributed by atoms with Crippen molar-refractivity contribution in [3.63, 3.8) is 0 Å². The van der Waals surface area contributed by atoms with Crippen molar-refractivity contribution in [3.8, 4) is 5.75 Å². The van der Waals surface area contributed by atoms with Crippen molar-refractivity contribution >= 4 is 12.0 Å². The van der Waals surface area contributed by atoms with Crippen LogP contribution in [0.25, 0.3) is 6.08 Å². The van der Waals surface area contributed by atoms with Gasteiger partial charge in [0.25, 0.3) is 0 Å². The SMILES string of the molecule is C=CCN(CC)C(=O)/C=C/c1ccc(OCCC)cc1. The minimum absolute atomic E-state index is 0.00119. The summed E-state index contributed by atoms with van der Waals surface area (Å²) in [5.41, 5.74) is 0.983. The molecule has 0 heterocycles. The average Bonchev–Trinajstić information content (AvgIpc) is 2.49. The Hall–Kier alpha value is -2.03. The molecule has 0 aliphatic rings. The van der Waals surface area contributed by atoms with E-state index in [1.807, 2.05) is 37.3 Å². The molecular weight excluding hydrogens is 250 g/mol. The third-order valence-corrected chi connectivity index (χ3v) is 2.81. The summed E-state index contributed by atoms with van der Waals surface area (Å²) in [4.78, 5) is 13.6. The van der Waals surface area contributed by atoms with E-state index in [0.29, 0.717) is 13.1 Å². The number of hydrogen-bond acceptors (Lipinski definition) is 2. The number of nitrogens with zero attached hydrogens (tertiary/aromatic N) is 1. The molecule has 0 atom stereocenters. The summed E-state index contributed by atoms with van der Waals surface area (Å²) in [5, 5.41) is 0. The van der Waals surface area contributed by atoms with Gasteiger partial charge in [-0.25, -0.2) is 0 Å². The maximum Gasteiger partial charge on any atom is 0.246 e. The first-order chi connectivity index (χ1) is 9.71. The maximum absolute atomic E-state index is 11.9. The first kappa shape index (κ1) is 16.0. The molecule has 0 N–H and O–H groups in total. The molecule has 0 saturated heterocycles. The van der Waals surface area contributed by atoms with Crippen molar-refractivity contribution < 1.29 is 9.53 Å². The third-order valence-electron chi connectivity index (χ3n) is 2.81. The fraction of sp³-hybridized carbons (Fsp3) is 0.353. The molecule has 108 valence electrons. The van der Waals surface area contributed by atoms with Gasteiger partial charge in [0.1, 0.15) is 5.75 Å². The Balaban J connectivity index is 2.60. The lowest BCUT2D eigenvalue weighted by molar-refractivity contribution is -0.125. The van der Waals surface area contributed by atoms with Crippen LogP contribution in [0.15, 0.2) is 43.0 Å². The van der Waals surface area contributed by atoms with E-state index in [0.717, 1.165) is 24.3 Å². The second-order valence-corrected chi connectivity index (χ2v) is 4.42. The molecule has 3 heteroatoms. The van der Waals surface area contributed by atoms with Crippen LogP contribution in [0.2, 0.25) is 0 Å². The second kappa shape index (κ2) is 8.97. The summed E-state index contributed by atoms with van der Waals surface area (Å²) in [6.07, 6.45) is 6.13. The Morgan fingerprint density at radius 3 is 2.55 bits per heavy atom. The van der Waals surface area contributed by atoms with Gasteiger partial charge in [-0.1, -0.05) is 25.1 Å². The number of rotatable bonds is 8. The Kier molecular flexibility index (Phi) is 7.18. The summed E-state index contributed by atoms with van der Waals surface area (Å²) < 4.78 is 5.51. The van der Waals surface area contributed by atoms with E-state index >= 15 is 0 Å². The van der Waals surface area contributed by atoms with Crippen molar-refractivity contribution in [2.24, 2.45) is 0 Å². The van der Waals surface area contributed by atoms with E-state index in [-0.39, 0.29) is 5.91 Å². The number of ether oxygens (including phenoxy) is 1. The van der Waals surface area contributed by atoms with Crippen LogP contribution < -0.4 is 4.74 Å². The Labute approximate surface area is 121 Å². The summed E-state index contributed by atoms with van der Waals surface area (Å²) in [7, 11) is 0. The van der Waals surface area contributed by atoms with Gasteiger partial charge < -0.3 is 9.64 Å². The predicted molar refractivity (Wildman–Crippen MR) is 83.7 cm³/mol. The van der Waals surface area contributed by atoms with Crippen molar-refractivity contribution in [2.45, 2.75) is 20.3 Å². The number of carbonyl (C=O) groups excluding carboxylic acids is 1. The molecule has 0 fully saturated rings. The highest BCUT2D eigenvalue weighted by molar-refractivity contribution is 5.91. The molecular formula is C17H23NO2. The zero-order chi connectivity index (χ0) is 14.8. The van der Waals surface area contributed by atoms with Gasteiger partial charge in [-0.05, 0) is 37.1 Å². The molecule has 3 nitrogen and oxygen atoms in total. The highest BCUT2D eigenvalue weighted by Gasteiger charge is 2.05. The van der Waals surface area contributed by atoms with Crippen LogP contribution in [0.4, 0.5) is 0 Å². The molecule has 1 aromatic carbocycles. The summed E-state index contributed by atoms with van der Waals surface area (Å²) in [6, 6.07) is 7.72. The van der Waals surface area contributed by atoms with E-state index in [4.69, 9.17) is 4.74 Å². The predicted octanol–water partition coefficient (Wildman–Crippen LogP) is 3.52. The van der Waals surface area contributed by atoms with E-state index in [9.17, 15) is 4.79 Å². The van der Waals surface area contributed by atoms with E-state index in [1.54, 1.807) is 17.1 Å². The Morgan fingerprint density at radius 2 is 2.00 bits per heavy atom. The van der Waals surface area contributed by atoms with Gasteiger partial charge in [0.2, 0.25) is 5.91 Å². The number of amides is 1. The topological polar surface area (TPSA) is 29.5 Å². The van der Waals surface area contributed by atoms with Crippen LogP contribution in [0.3, 0.4) is 0 Å². The minimum atomic E-state index is -0.00119. The molecule has 1 aromatic rings. The van der Waals surface area contributed by atoms with E-state index in [1.165, 1.54) is 0 Å².